The van der Waals surface area contributed by atoms with Gasteiger partial charge in [-0.1, -0.05) is 6.08 Å². The van der Waals surface area contributed by atoms with E-state index in [1.54, 1.807) is 11.5 Å². The number of hydrogen-bond donors (Lipinski definition) is 1. The van der Waals surface area contributed by atoms with E-state index in [0.717, 1.165) is 0 Å². The second-order valence-electron chi connectivity index (χ2n) is 1.29. The van der Waals surface area contributed by atoms with Crippen molar-refractivity contribution >= 4 is 15.8 Å². The average Bonchev–Trinajstić information content (AvgIpc) is 1.91. The lowest BCUT2D eigenvalue weighted by Crippen LogP contribution is -1.92. The maximum absolute atomic E-state index is 10.3. The maximum Gasteiger partial charge on any atom is 0.206 e. The van der Waals surface area contributed by atoms with Crippen molar-refractivity contribution in [3.8, 4) is 0 Å². The molecule has 38 valence electrons. The minimum absolute atomic E-state index is 0.0417. The summed E-state index contributed by atoms with van der Waals surface area (Å²) in [6.07, 6.45) is 2.23. The first-order valence-electron chi connectivity index (χ1n) is 1.94. The molecule has 0 saturated carbocycles. The molecule has 0 saturated heterocycles. The summed E-state index contributed by atoms with van der Waals surface area (Å²) in [5.74, 6) is 0. The topological polar surface area (TPSA) is 40.9 Å². The molecule has 1 aliphatic rings. The third-order valence-electron chi connectivity index (χ3n) is 0.762. The van der Waals surface area contributed by atoms with Crippen molar-refractivity contribution in [3.63, 3.8) is 0 Å². The van der Waals surface area contributed by atoms with E-state index in [1.807, 2.05) is 0 Å². The van der Waals surface area contributed by atoms with Gasteiger partial charge in [-0.2, -0.15) is 0 Å². The number of nitrogens with one attached hydrogen (secondary N) is 1. The Morgan fingerprint density at radius 2 is 2.57 bits per heavy atom. The van der Waals surface area contributed by atoms with Crippen molar-refractivity contribution < 1.29 is 4.79 Å². The van der Waals surface area contributed by atoms with Crippen LogP contribution >= 0.6 is 0 Å². The van der Waals surface area contributed by atoms with Crippen LogP contribution in [0.15, 0.2) is 11.5 Å². The van der Waals surface area contributed by atoms with Crippen molar-refractivity contribution in [3.05, 3.63) is 11.5 Å². The first kappa shape index (κ1) is 4.71. The number of carbonyl (C=O) groups is 1. The van der Waals surface area contributed by atoms with Gasteiger partial charge >= 0.3 is 0 Å². The van der Waals surface area contributed by atoms with Crippen LogP contribution in [0.4, 0.5) is 0 Å². The van der Waals surface area contributed by atoms with E-state index in [2.05, 4.69) is 0 Å². The van der Waals surface area contributed by atoms with Crippen molar-refractivity contribution in [2.45, 2.75) is 6.42 Å². The van der Waals surface area contributed by atoms with Crippen LogP contribution < -0.4 is 0 Å². The molecule has 7 heavy (non-hydrogen) atoms. The van der Waals surface area contributed by atoms with Gasteiger partial charge in [0.2, 0.25) is 5.12 Å². The fourth-order valence-electron chi connectivity index (χ4n) is 0.406. The summed E-state index contributed by atoms with van der Waals surface area (Å²) in [6.45, 7) is 0. The van der Waals surface area contributed by atoms with Gasteiger partial charge in [-0.3, -0.25) is 9.57 Å². The Balaban J connectivity index is 2.81. The quantitative estimate of drug-likeness (QED) is 0.498. The molecule has 0 bridgehead atoms. The molecule has 0 amide bonds. The normalized spacial score (nSPS) is 29.1. The maximum atomic E-state index is 10.3. The molecule has 0 aromatic rings. The average molecular weight is 115 g/mol. The van der Waals surface area contributed by atoms with Crippen LogP contribution in [-0.4, -0.2) is 5.12 Å². The zero-order chi connectivity index (χ0) is 5.28. The van der Waals surface area contributed by atoms with Gasteiger partial charge in [-0.05, 0) is 16.1 Å². The molecule has 1 atom stereocenters. The zero-order valence-electron chi connectivity index (χ0n) is 3.68. The lowest BCUT2D eigenvalue weighted by atomic mass is 10.5. The predicted octanol–water partition coefficient (Wildman–Crippen LogP) is 0.811. The van der Waals surface area contributed by atoms with Gasteiger partial charge in [0, 0.05) is 6.42 Å². The molecule has 0 radical (unpaired) electrons. The SMILES string of the molecule is N=S1C=CCC1=O. The van der Waals surface area contributed by atoms with Crippen molar-refractivity contribution in [1.82, 2.24) is 0 Å². The number of hydrogen-bond acceptors (Lipinski definition) is 2. The highest BCUT2D eigenvalue weighted by Gasteiger charge is 2.06. The molecule has 2 nitrogen and oxygen atoms in total. The summed E-state index contributed by atoms with van der Waals surface area (Å²) in [6, 6.07) is 0. The molecule has 0 aromatic carbocycles. The number of allylic oxidation sites excluding steroid dienone is 1. The second kappa shape index (κ2) is 1.58. The Hall–Kier alpha value is -0.440. The van der Waals surface area contributed by atoms with Crippen LogP contribution in [0.3, 0.4) is 0 Å². The molecule has 0 aromatic heterocycles. The molecular formula is C4H5NOS. The third-order valence-corrected chi connectivity index (χ3v) is 1.88. The fraction of sp³-hybridized carbons (Fsp3) is 0.250. The molecule has 0 spiro atoms. The predicted molar refractivity (Wildman–Crippen MR) is 28.8 cm³/mol. The van der Waals surface area contributed by atoms with Gasteiger partial charge in [0.1, 0.15) is 0 Å². The Labute approximate surface area is 44.1 Å². The highest BCUT2D eigenvalue weighted by molar-refractivity contribution is 8.04. The second-order valence-corrected chi connectivity index (χ2v) is 2.69. The highest BCUT2D eigenvalue weighted by Crippen LogP contribution is 2.03. The van der Waals surface area contributed by atoms with E-state index in [0.29, 0.717) is 6.42 Å². The standard InChI is InChI=1S/C4H5NOS/c5-7-3-1-2-4(7)6/h1,3,5H,2H2. The van der Waals surface area contributed by atoms with Crippen LogP contribution in [0.5, 0.6) is 0 Å². The summed E-state index contributed by atoms with van der Waals surface area (Å²) < 4.78 is 6.93. The summed E-state index contributed by atoms with van der Waals surface area (Å²) >= 11 is 0. The first-order chi connectivity index (χ1) is 3.30. The van der Waals surface area contributed by atoms with Gasteiger partial charge in [-0.25, -0.2) is 0 Å². The van der Waals surface area contributed by atoms with Crippen LogP contribution in [0.2, 0.25) is 0 Å². The van der Waals surface area contributed by atoms with Crippen molar-refractivity contribution in [1.29, 1.82) is 4.78 Å². The minimum atomic E-state index is -0.787. The fourth-order valence-corrected chi connectivity index (χ4v) is 1.12. The summed E-state index contributed by atoms with van der Waals surface area (Å²) in [4.78, 5) is 10.3. The number of carbonyl (C=O) groups excluding carboxylic acids is 1. The van der Waals surface area contributed by atoms with E-state index < -0.39 is 10.7 Å². The van der Waals surface area contributed by atoms with E-state index in [9.17, 15) is 4.79 Å². The summed E-state index contributed by atoms with van der Waals surface area (Å²) in [5, 5.41) is 1.68. The van der Waals surface area contributed by atoms with E-state index in [1.165, 1.54) is 0 Å². The van der Waals surface area contributed by atoms with Gasteiger partial charge in [0.15, 0.2) is 0 Å². The van der Waals surface area contributed by atoms with Gasteiger partial charge in [0.25, 0.3) is 0 Å². The summed E-state index contributed by atoms with van der Waals surface area (Å²) in [5.41, 5.74) is 0. The van der Waals surface area contributed by atoms with Gasteiger partial charge < -0.3 is 0 Å². The van der Waals surface area contributed by atoms with Crippen LogP contribution in [0, 0.1) is 4.78 Å². The minimum Gasteiger partial charge on any atom is -0.286 e. The van der Waals surface area contributed by atoms with Gasteiger partial charge in [0.05, 0.1) is 0 Å². The number of rotatable bonds is 0. The van der Waals surface area contributed by atoms with E-state index in [4.69, 9.17) is 4.78 Å². The molecule has 0 fully saturated rings. The molecule has 1 rings (SSSR count). The Morgan fingerprint density at radius 1 is 1.86 bits per heavy atom. The molecule has 1 heterocycles. The van der Waals surface area contributed by atoms with Crippen molar-refractivity contribution in [2.75, 3.05) is 0 Å². The Kier molecular flexibility index (Phi) is 1.06. The molecule has 1 aliphatic heterocycles. The zero-order valence-corrected chi connectivity index (χ0v) is 4.49. The first-order valence-corrected chi connectivity index (χ1v) is 3.23. The van der Waals surface area contributed by atoms with Crippen LogP contribution in [-0.2, 0) is 15.5 Å². The lowest BCUT2D eigenvalue weighted by molar-refractivity contribution is -0.110. The van der Waals surface area contributed by atoms with Crippen LogP contribution in [0.1, 0.15) is 6.42 Å². The molecular weight excluding hydrogens is 110 g/mol. The molecule has 0 aliphatic carbocycles. The Bertz CT molecular complexity index is 150. The molecule has 3 heteroatoms. The third kappa shape index (κ3) is 0.771. The van der Waals surface area contributed by atoms with Crippen LogP contribution in [0.25, 0.3) is 0 Å². The van der Waals surface area contributed by atoms with E-state index in [-0.39, 0.29) is 5.12 Å². The monoisotopic (exact) mass is 115 g/mol. The Morgan fingerprint density at radius 3 is 2.71 bits per heavy atom. The van der Waals surface area contributed by atoms with E-state index >= 15 is 0 Å². The lowest BCUT2D eigenvalue weighted by Gasteiger charge is -1.80. The molecule has 1 unspecified atom stereocenters. The highest BCUT2D eigenvalue weighted by atomic mass is 32.2. The largest absolute Gasteiger partial charge is 0.286 e. The smallest absolute Gasteiger partial charge is 0.206 e. The van der Waals surface area contributed by atoms with Crippen molar-refractivity contribution in [2.24, 2.45) is 0 Å². The summed E-state index contributed by atoms with van der Waals surface area (Å²) in [7, 11) is -0.787. The van der Waals surface area contributed by atoms with Gasteiger partial charge in [-0.15, -0.1) is 0 Å². The molecule has 1 N–H and O–H groups in total.